The minimum absolute atomic E-state index is 0.375. The number of carbonyl (C=O) groups excluding carboxylic acids is 1. The first-order valence-electron chi connectivity index (χ1n) is 9.76. The lowest BCUT2D eigenvalue weighted by molar-refractivity contribution is 0.121. The Labute approximate surface area is 175 Å². The molecule has 3 aromatic carbocycles. The van der Waals surface area contributed by atoms with Crippen LogP contribution in [0.5, 0.6) is 0 Å². The quantitative estimate of drug-likeness (QED) is 0.410. The highest BCUT2D eigenvalue weighted by Gasteiger charge is 2.19. The molecule has 0 spiro atoms. The van der Waals surface area contributed by atoms with Crippen LogP contribution in [-0.4, -0.2) is 11.2 Å². The summed E-state index contributed by atoms with van der Waals surface area (Å²) in [6, 6.07) is 27.6. The van der Waals surface area contributed by atoms with E-state index in [2.05, 4.69) is 22.6 Å². The smallest absolute Gasteiger partial charge is 0.412 e. The number of aryl methyl sites for hydroxylation is 1. The van der Waals surface area contributed by atoms with Gasteiger partial charge >= 0.3 is 6.09 Å². The molecule has 0 saturated heterocycles. The zero-order valence-electron chi connectivity index (χ0n) is 16.8. The second kappa shape index (κ2) is 8.66. The van der Waals surface area contributed by atoms with Crippen LogP contribution in [0.4, 0.5) is 10.5 Å². The van der Waals surface area contributed by atoms with Crippen LogP contribution < -0.4 is 5.32 Å². The molecule has 4 aromatic rings. The summed E-state index contributed by atoms with van der Waals surface area (Å²) < 4.78 is 11.0. The van der Waals surface area contributed by atoms with E-state index in [-0.39, 0.29) is 6.10 Å². The molecule has 0 bridgehead atoms. The number of anilines is 1. The number of carbonyl (C=O) groups is 1. The molecule has 0 aliphatic heterocycles. The summed E-state index contributed by atoms with van der Waals surface area (Å²) >= 11 is 0. The normalized spacial score (nSPS) is 11.7. The number of hydrogen-bond donors (Lipinski definition) is 1. The topological polar surface area (TPSA) is 64.4 Å². The molecule has 1 N–H and O–H groups in total. The van der Waals surface area contributed by atoms with Gasteiger partial charge in [-0.1, -0.05) is 90.1 Å². The van der Waals surface area contributed by atoms with Crippen molar-refractivity contribution in [3.8, 4) is 22.5 Å². The van der Waals surface area contributed by atoms with E-state index in [9.17, 15) is 4.79 Å². The largest absolute Gasteiger partial charge is 0.441 e. The van der Waals surface area contributed by atoms with Gasteiger partial charge in [-0.05, 0) is 30.5 Å². The second-order valence-electron chi connectivity index (χ2n) is 7.00. The van der Waals surface area contributed by atoms with Gasteiger partial charge in [0.2, 0.25) is 0 Å². The van der Waals surface area contributed by atoms with Crippen molar-refractivity contribution in [2.45, 2.75) is 20.0 Å². The van der Waals surface area contributed by atoms with E-state index in [1.807, 2.05) is 79.7 Å². The van der Waals surface area contributed by atoms with Crippen LogP contribution in [0.2, 0.25) is 0 Å². The first-order chi connectivity index (χ1) is 14.6. The molecular weight excluding hydrogens is 376 g/mol. The van der Waals surface area contributed by atoms with Gasteiger partial charge in [-0.25, -0.2) is 4.79 Å². The van der Waals surface area contributed by atoms with Gasteiger partial charge in [-0.2, -0.15) is 0 Å². The van der Waals surface area contributed by atoms with Gasteiger partial charge in [0, 0.05) is 5.56 Å². The van der Waals surface area contributed by atoms with Crippen LogP contribution in [-0.2, 0) is 4.74 Å². The predicted molar refractivity (Wildman–Crippen MR) is 117 cm³/mol. The van der Waals surface area contributed by atoms with Crippen molar-refractivity contribution in [2.24, 2.45) is 0 Å². The molecule has 0 fully saturated rings. The van der Waals surface area contributed by atoms with Crippen LogP contribution in [0, 0.1) is 6.92 Å². The summed E-state index contributed by atoms with van der Waals surface area (Å²) in [6.07, 6.45) is -0.931. The van der Waals surface area contributed by atoms with E-state index in [0.717, 1.165) is 22.3 Å². The number of aromatic nitrogens is 1. The Bertz CT molecular complexity index is 1120. The van der Waals surface area contributed by atoms with E-state index in [4.69, 9.17) is 9.26 Å². The second-order valence-corrected chi connectivity index (χ2v) is 7.00. The fraction of sp³-hybridized carbons (Fsp3) is 0.120. The predicted octanol–water partition coefficient (Wildman–Crippen LogP) is 6.63. The first-order valence-corrected chi connectivity index (χ1v) is 9.76. The van der Waals surface area contributed by atoms with E-state index in [1.54, 1.807) is 6.92 Å². The molecule has 1 heterocycles. The minimum Gasteiger partial charge on any atom is -0.441 e. The van der Waals surface area contributed by atoms with Crippen LogP contribution >= 0.6 is 0 Å². The number of benzene rings is 3. The zero-order valence-corrected chi connectivity index (χ0v) is 16.8. The molecule has 1 amide bonds. The number of ether oxygens (including phenoxy) is 1. The van der Waals surface area contributed by atoms with Gasteiger partial charge in [-0.3, -0.25) is 5.32 Å². The fourth-order valence-corrected chi connectivity index (χ4v) is 3.24. The van der Waals surface area contributed by atoms with Crippen LogP contribution in [0.15, 0.2) is 89.5 Å². The summed E-state index contributed by atoms with van der Waals surface area (Å²) in [4.78, 5) is 12.5. The third kappa shape index (κ3) is 4.25. The molecule has 0 unspecified atom stereocenters. The average molecular weight is 398 g/mol. The van der Waals surface area contributed by atoms with E-state index >= 15 is 0 Å². The molecule has 1 aromatic heterocycles. The summed E-state index contributed by atoms with van der Waals surface area (Å²) in [7, 11) is 0. The van der Waals surface area contributed by atoms with Crippen molar-refractivity contribution in [3.63, 3.8) is 0 Å². The third-order valence-corrected chi connectivity index (χ3v) is 4.90. The molecule has 30 heavy (non-hydrogen) atoms. The number of nitrogens with zero attached hydrogens (tertiary/aromatic N) is 1. The Morgan fingerprint density at radius 3 is 2.10 bits per heavy atom. The van der Waals surface area contributed by atoms with Crippen LogP contribution in [0.3, 0.4) is 0 Å². The fourth-order valence-electron chi connectivity index (χ4n) is 3.24. The maximum absolute atomic E-state index is 12.5. The van der Waals surface area contributed by atoms with E-state index in [1.165, 1.54) is 0 Å². The standard InChI is InChI=1S/C25H22N2O3/c1-17-23(26-25(28)29-18(2)19-9-5-3-6-10-19)24(30-27-17)22-15-13-21(14-16-22)20-11-7-4-8-12-20/h3-16,18H,1-2H3,(H,26,28)/t18-/m0/s1. The lowest BCUT2D eigenvalue weighted by Gasteiger charge is -2.14. The van der Waals surface area contributed by atoms with Gasteiger partial charge in [0.05, 0.1) is 0 Å². The average Bonchev–Trinajstić information content (AvgIpc) is 3.15. The molecule has 0 radical (unpaired) electrons. The van der Waals surface area contributed by atoms with Crippen LogP contribution in [0.1, 0.15) is 24.3 Å². The van der Waals surface area contributed by atoms with Crippen molar-refractivity contribution < 1.29 is 14.1 Å². The molecule has 4 rings (SSSR count). The van der Waals surface area contributed by atoms with Crippen molar-refractivity contribution in [3.05, 3.63) is 96.2 Å². The number of hydrogen-bond acceptors (Lipinski definition) is 4. The molecule has 0 saturated carbocycles. The molecule has 150 valence electrons. The van der Waals surface area contributed by atoms with Crippen molar-refractivity contribution in [1.82, 2.24) is 5.16 Å². The Hall–Kier alpha value is -3.86. The summed E-state index contributed by atoms with van der Waals surface area (Å²) in [6.45, 7) is 3.61. The Balaban J connectivity index is 1.51. The van der Waals surface area contributed by atoms with Crippen molar-refractivity contribution in [2.75, 3.05) is 5.32 Å². The molecule has 5 heteroatoms. The Kier molecular flexibility index (Phi) is 5.61. The summed E-state index contributed by atoms with van der Waals surface area (Å²) in [5.41, 5.74) is 5.07. The van der Waals surface area contributed by atoms with Gasteiger partial charge in [0.1, 0.15) is 17.5 Å². The highest BCUT2D eigenvalue weighted by molar-refractivity contribution is 5.91. The molecule has 5 nitrogen and oxygen atoms in total. The van der Waals surface area contributed by atoms with Gasteiger partial charge < -0.3 is 9.26 Å². The van der Waals surface area contributed by atoms with E-state index < -0.39 is 6.09 Å². The summed E-state index contributed by atoms with van der Waals surface area (Å²) in [5, 5.41) is 6.81. The Morgan fingerprint density at radius 1 is 0.867 bits per heavy atom. The maximum atomic E-state index is 12.5. The summed E-state index contributed by atoms with van der Waals surface area (Å²) in [5.74, 6) is 0.497. The monoisotopic (exact) mass is 398 g/mol. The Morgan fingerprint density at radius 2 is 1.43 bits per heavy atom. The lowest BCUT2D eigenvalue weighted by atomic mass is 10.0. The van der Waals surface area contributed by atoms with Crippen molar-refractivity contribution >= 4 is 11.8 Å². The van der Waals surface area contributed by atoms with E-state index in [0.29, 0.717) is 17.1 Å². The number of nitrogens with one attached hydrogen (secondary N) is 1. The van der Waals surface area contributed by atoms with Gasteiger partial charge in [0.25, 0.3) is 0 Å². The molecular formula is C25H22N2O3. The van der Waals surface area contributed by atoms with Crippen molar-refractivity contribution in [1.29, 1.82) is 0 Å². The highest BCUT2D eigenvalue weighted by Crippen LogP contribution is 2.33. The number of amides is 1. The van der Waals surface area contributed by atoms with Crippen LogP contribution in [0.25, 0.3) is 22.5 Å². The maximum Gasteiger partial charge on any atom is 0.412 e. The SMILES string of the molecule is Cc1noc(-c2ccc(-c3ccccc3)cc2)c1NC(=O)O[C@@H](C)c1ccccc1. The molecule has 1 atom stereocenters. The first kappa shape index (κ1) is 19.5. The molecule has 0 aliphatic carbocycles. The van der Waals surface area contributed by atoms with Gasteiger partial charge in [0.15, 0.2) is 5.76 Å². The highest BCUT2D eigenvalue weighted by atomic mass is 16.6. The minimum atomic E-state index is -0.556. The molecule has 0 aliphatic rings. The lowest BCUT2D eigenvalue weighted by Crippen LogP contribution is -2.16. The van der Waals surface area contributed by atoms with Gasteiger partial charge in [-0.15, -0.1) is 0 Å². The number of rotatable bonds is 5. The zero-order chi connectivity index (χ0) is 20.9. The third-order valence-electron chi connectivity index (χ3n) is 4.90.